The molecule has 0 aromatic heterocycles. The summed E-state index contributed by atoms with van der Waals surface area (Å²) >= 11 is 3.58. The first-order valence-corrected chi connectivity index (χ1v) is 8.54. The van der Waals surface area contributed by atoms with Crippen LogP contribution >= 0.6 is 15.9 Å². The first-order chi connectivity index (χ1) is 10.9. The van der Waals surface area contributed by atoms with Crippen LogP contribution in [0.2, 0.25) is 0 Å². The number of benzene rings is 2. The second-order valence-electron chi connectivity index (χ2n) is 5.93. The van der Waals surface area contributed by atoms with Crippen LogP contribution in [0.5, 0.6) is 11.5 Å². The zero-order valence-electron chi connectivity index (χ0n) is 14.4. The standard InChI is InChI=1S/C19H24BrNO2/c1-12(2)23-19-17(20)9-15(10-18(19)22-5)11-21-16-7-6-13(3)14(4)8-16/h6-10,12,21H,11H2,1-5H3. The monoisotopic (exact) mass is 377 g/mol. The average Bonchev–Trinajstić information content (AvgIpc) is 2.50. The lowest BCUT2D eigenvalue weighted by molar-refractivity contribution is 0.228. The van der Waals surface area contributed by atoms with Gasteiger partial charge in [-0.1, -0.05) is 6.07 Å². The van der Waals surface area contributed by atoms with Crippen molar-refractivity contribution in [1.82, 2.24) is 0 Å². The normalized spacial score (nSPS) is 10.7. The molecule has 0 aliphatic carbocycles. The van der Waals surface area contributed by atoms with Crippen molar-refractivity contribution in [2.45, 2.75) is 40.3 Å². The third-order valence-corrected chi connectivity index (χ3v) is 4.24. The van der Waals surface area contributed by atoms with E-state index in [0.717, 1.165) is 33.8 Å². The molecule has 0 unspecified atom stereocenters. The van der Waals surface area contributed by atoms with Crippen molar-refractivity contribution in [3.63, 3.8) is 0 Å². The van der Waals surface area contributed by atoms with Gasteiger partial charge in [0.2, 0.25) is 0 Å². The predicted octanol–water partition coefficient (Wildman–Crippen LogP) is 5.47. The molecule has 0 aliphatic heterocycles. The fourth-order valence-corrected chi connectivity index (χ4v) is 2.86. The summed E-state index contributed by atoms with van der Waals surface area (Å²) in [5.74, 6) is 1.49. The van der Waals surface area contributed by atoms with Crippen LogP contribution in [-0.2, 0) is 6.54 Å². The summed E-state index contributed by atoms with van der Waals surface area (Å²) in [7, 11) is 1.66. The van der Waals surface area contributed by atoms with E-state index < -0.39 is 0 Å². The minimum atomic E-state index is 0.0970. The van der Waals surface area contributed by atoms with Gasteiger partial charge in [-0.2, -0.15) is 0 Å². The highest BCUT2D eigenvalue weighted by molar-refractivity contribution is 9.10. The Morgan fingerprint density at radius 1 is 1.09 bits per heavy atom. The molecule has 3 nitrogen and oxygen atoms in total. The Labute approximate surface area is 147 Å². The van der Waals surface area contributed by atoms with E-state index >= 15 is 0 Å². The molecule has 2 aromatic rings. The summed E-state index contributed by atoms with van der Waals surface area (Å²) < 4.78 is 12.2. The predicted molar refractivity (Wildman–Crippen MR) is 99.7 cm³/mol. The highest BCUT2D eigenvalue weighted by Gasteiger charge is 2.13. The van der Waals surface area contributed by atoms with Gasteiger partial charge in [-0.25, -0.2) is 0 Å². The average molecular weight is 378 g/mol. The van der Waals surface area contributed by atoms with Crippen molar-refractivity contribution >= 4 is 21.6 Å². The number of hydrogen-bond donors (Lipinski definition) is 1. The van der Waals surface area contributed by atoms with Gasteiger partial charge < -0.3 is 14.8 Å². The van der Waals surface area contributed by atoms with Crippen LogP contribution in [0.1, 0.15) is 30.5 Å². The molecule has 4 heteroatoms. The molecule has 0 saturated heterocycles. The molecule has 0 heterocycles. The topological polar surface area (TPSA) is 30.5 Å². The minimum Gasteiger partial charge on any atom is -0.493 e. The summed E-state index contributed by atoms with van der Waals surface area (Å²) in [6.07, 6.45) is 0.0970. The molecule has 2 rings (SSSR count). The number of hydrogen-bond acceptors (Lipinski definition) is 3. The van der Waals surface area contributed by atoms with Crippen molar-refractivity contribution in [2.24, 2.45) is 0 Å². The summed E-state index contributed by atoms with van der Waals surface area (Å²) in [6, 6.07) is 10.5. The summed E-state index contributed by atoms with van der Waals surface area (Å²) in [5, 5.41) is 3.45. The molecule has 0 radical (unpaired) electrons. The largest absolute Gasteiger partial charge is 0.493 e. The number of nitrogens with one attached hydrogen (secondary N) is 1. The Bertz CT molecular complexity index is 683. The second kappa shape index (κ2) is 7.73. The molecule has 0 spiro atoms. The maximum atomic E-state index is 5.82. The minimum absolute atomic E-state index is 0.0970. The zero-order chi connectivity index (χ0) is 17.0. The Balaban J connectivity index is 2.16. The van der Waals surface area contributed by atoms with E-state index in [-0.39, 0.29) is 6.10 Å². The number of methoxy groups -OCH3 is 1. The molecule has 0 atom stereocenters. The van der Waals surface area contributed by atoms with E-state index in [1.165, 1.54) is 11.1 Å². The van der Waals surface area contributed by atoms with E-state index in [1.54, 1.807) is 7.11 Å². The van der Waals surface area contributed by atoms with Crippen molar-refractivity contribution in [2.75, 3.05) is 12.4 Å². The summed E-state index contributed by atoms with van der Waals surface area (Å²) in [6.45, 7) is 8.97. The zero-order valence-corrected chi connectivity index (χ0v) is 16.0. The first-order valence-electron chi connectivity index (χ1n) is 7.75. The second-order valence-corrected chi connectivity index (χ2v) is 6.78. The van der Waals surface area contributed by atoms with Gasteiger partial charge in [-0.3, -0.25) is 0 Å². The van der Waals surface area contributed by atoms with Crippen molar-refractivity contribution in [1.29, 1.82) is 0 Å². The Morgan fingerprint density at radius 2 is 1.83 bits per heavy atom. The van der Waals surface area contributed by atoms with Crippen LogP contribution in [0.25, 0.3) is 0 Å². The highest BCUT2D eigenvalue weighted by atomic mass is 79.9. The van der Waals surface area contributed by atoms with Gasteiger partial charge >= 0.3 is 0 Å². The molecule has 0 bridgehead atoms. The molecule has 1 N–H and O–H groups in total. The van der Waals surface area contributed by atoms with Crippen LogP contribution < -0.4 is 14.8 Å². The lowest BCUT2D eigenvalue weighted by Crippen LogP contribution is -2.08. The molecular weight excluding hydrogens is 354 g/mol. The van der Waals surface area contributed by atoms with Gasteiger partial charge in [0.25, 0.3) is 0 Å². The number of halogens is 1. The van der Waals surface area contributed by atoms with E-state index in [0.29, 0.717) is 0 Å². The molecule has 0 saturated carbocycles. The van der Waals surface area contributed by atoms with Crippen LogP contribution in [0.4, 0.5) is 5.69 Å². The molecule has 0 aliphatic rings. The highest BCUT2D eigenvalue weighted by Crippen LogP contribution is 2.37. The van der Waals surface area contributed by atoms with Gasteiger partial charge in [-0.05, 0) is 84.6 Å². The summed E-state index contributed by atoms with van der Waals surface area (Å²) in [5.41, 5.74) is 4.83. The van der Waals surface area contributed by atoms with Crippen LogP contribution in [0.3, 0.4) is 0 Å². The number of ether oxygens (including phenoxy) is 2. The Kier molecular flexibility index (Phi) is 5.94. The summed E-state index contributed by atoms with van der Waals surface area (Å²) in [4.78, 5) is 0. The molecule has 2 aromatic carbocycles. The number of aryl methyl sites for hydroxylation is 2. The van der Waals surface area contributed by atoms with Gasteiger partial charge in [0.1, 0.15) is 0 Å². The van der Waals surface area contributed by atoms with Crippen LogP contribution in [-0.4, -0.2) is 13.2 Å². The maximum Gasteiger partial charge on any atom is 0.175 e. The fourth-order valence-electron chi connectivity index (χ4n) is 2.28. The van der Waals surface area contributed by atoms with Crippen molar-refractivity contribution in [3.05, 3.63) is 51.5 Å². The van der Waals surface area contributed by atoms with E-state index in [1.807, 2.05) is 19.9 Å². The lowest BCUT2D eigenvalue weighted by Gasteiger charge is -2.17. The molecule has 23 heavy (non-hydrogen) atoms. The molecule has 0 fully saturated rings. The third-order valence-electron chi connectivity index (χ3n) is 3.65. The first kappa shape index (κ1) is 17.7. The SMILES string of the molecule is COc1cc(CNc2ccc(C)c(C)c2)cc(Br)c1OC(C)C. The van der Waals surface area contributed by atoms with E-state index in [9.17, 15) is 0 Å². The van der Waals surface area contributed by atoms with E-state index in [4.69, 9.17) is 9.47 Å². The van der Waals surface area contributed by atoms with Crippen LogP contribution in [0, 0.1) is 13.8 Å². The van der Waals surface area contributed by atoms with Crippen LogP contribution in [0.15, 0.2) is 34.8 Å². The number of anilines is 1. The smallest absolute Gasteiger partial charge is 0.175 e. The third kappa shape index (κ3) is 4.64. The van der Waals surface area contributed by atoms with Gasteiger partial charge in [-0.15, -0.1) is 0 Å². The Hall–Kier alpha value is -1.68. The quantitative estimate of drug-likeness (QED) is 0.723. The van der Waals surface area contributed by atoms with Gasteiger partial charge in [0.15, 0.2) is 11.5 Å². The van der Waals surface area contributed by atoms with E-state index in [2.05, 4.69) is 59.4 Å². The molecule has 0 amide bonds. The van der Waals surface area contributed by atoms with Gasteiger partial charge in [0, 0.05) is 12.2 Å². The lowest BCUT2D eigenvalue weighted by atomic mass is 10.1. The Morgan fingerprint density at radius 3 is 2.43 bits per heavy atom. The van der Waals surface area contributed by atoms with Crippen molar-refractivity contribution in [3.8, 4) is 11.5 Å². The maximum absolute atomic E-state index is 5.82. The van der Waals surface area contributed by atoms with Crippen molar-refractivity contribution < 1.29 is 9.47 Å². The van der Waals surface area contributed by atoms with Gasteiger partial charge in [0.05, 0.1) is 17.7 Å². The molecule has 124 valence electrons. The fraction of sp³-hybridized carbons (Fsp3) is 0.368. The molecular formula is C19H24BrNO2. The number of rotatable bonds is 6.